The van der Waals surface area contributed by atoms with Crippen LogP contribution in [0.15, 0.2) is 10.7 Å². The minimum atomic E-state index is -0.629. The lowest BCUT2D eigenvalue weighted by Crippen LogP contribution is -2.16. The molecular formula is C16H18BrN3O5S. The van der Waals surface area contributed by atoms with Crippen LogP contribution in [0.4, 0.5) is 5.00 Å². The number of carbonyl (C=O) groups excluding carboxylic acids is 3. The van der Waals surface area contributed by atoms with Gasteiger partial charge in [0.1, 0.15) is 9.88 Å². The summed E-state index contributed by atoms with van der Waals surface area (Å²) >= 11 is 4.35. The fourth-order valence-electron chi connectivity index (χ4n) is 2.25. The first-order valence-corrected chi connectivity index (χ1v) is 9.18. The van der Waals surface area contributed by atoms with Gasteiger partial charge in [-0.15, -0.1) is 11.3 Å². The Hall–Kier alpha value is -2.20. The van der Waals surface area contributed by atoms with Gasteiger partial charge in [0.25, 0.3) is 0 Å². The molecule has 10 heteroatoms. The highest BCUT2D eigenvalue weighted by Gasteiger charge is 2.26. The van der Waals surface area contributed by atoms with Gasteiger partial charge in [-0.2, -0.15) is 5.10 Å². The monoisotopic (exact) mass is 443 g/mol. The number of halogens is 1. The Labute approximate surface area is 162 Å². The largest absolute Gasteiger partial charge is 0.465 e. The molecule has 0 atom stereocenters. The molecule has 140 valence electrons. The quantitative estimate of drug-likeness (QED) is 0.688. The minimum absolute atomic E-state index is 0.151. The number of hydrogen-bond donors (Lipinski definition) is 1. The average Bonchev–Trinajstić information content (AvgIpc) is 3.11. The number of aromatic nitrogens is 2. The van der Waals surface area contributed by atoms with Crippen LogP contribution in [0.2, 0.25) is 0 Å². The van der Waals surface area contributed by atoms with Gasteiger partial charge in [-0.25, -0.2) is 9.59 Å². The number of amides is 1. The Morgan fingerprint density at radius 2 is 1.88 bits per heavy atom. The summed E-state index contributed by atoms with van der Waals surface area (Å²) in [5.41, 5.74) is 1.40. The number of nitrogens with zero attached hydrogens (tertiary/aromatic N) is 2. The molecule has 0 saturated heterocycles. The molecule has 0 unspecified atom stereocenters. The molecule has 0 aromatic carbocycles. The van der Waals surface area contributed by atoms with Gasteiger partial charge >= 0.3 is 11.9 Å². The lowest BCUT2D eigenvalue weighted by atomic mass is 10.1. The lowest BCUT2D eigenvalue weighted by molar-refractivity contribution is -0.116. The van der Waals surface area contributed by atoms with Crippen LogP contribution in [-0.2, 0) is 20.8 Å². The van der Waals surface area contributed by atoms with Crippen molar-refractivity contribution in [1.29, 1.82) is 0 Å². The van der Waals surface area contributed by atoms with Crippen molar-refractivity contribution < 1.29 is 23.9 Å². The van der Waals surface area contributed by atoms with Crippen molar-refractivity contribution in [2.45, 2.75) is 26.8 Å². The third-order valence-electron chi connectivity index (χ3n) is 3.61. The highest BCUT2D eigenvalue weighted by molar-refractivity contribution is 9.10. The van der Waals surface area contributed by atoms with Gasteiger partial charge in [0.05, 0.1) is 29.9 Å². The number of rotatable bonds is 6. The lowest BCUT2D eigenvalue weighted by Gasteiger charge is -2.06. The maximum atomic E-state index is 12.3. The zero-order chi connectivity index (χ0) is 19.4. The summed E-state index contributed by atoms with van der Waals surface area (Å²) in [6, 6.07) is 0. The van der Waals surface area contributed by atoms with Gasteiger partial charge in [0.2, 0.25) is 5.91 Å². The molecule has 26 heavy (non-hydrogen) atoms. The molecule has 0 aliphatic rings. The maximum absolute atomic E-state index is 12.3. The van der Waals surface area contributed by atoms with Gasteiger partial charge in [-0.1, -0.05) is 0 Å². The molecule has 0 fully saturated rings. The fraction of sp³-hybridized carbons (Fsp3) is 0.375. The second-order valence-electron chi connectivity index (χ2n) is 5.37. The molecule has 0 spiro atoms. The number of anilines is 1. The summed E-state index contributed by atoms with van der Waals surface area (Å²) in [5, 5.41) is 7.20. The van der Waals surface area contributed by atoms with Crippen molar-refractivity contribution in [3.8, 4) is 0 Å². The number of ether oxygens (including phenoxy) is 2. The van der Waals surface area contributed by atoms with Crippen LogP contribution in [0.1, 0.15) is 37.7 Å². The second-order valence-corrected chi connectivity index (χ2v) is 7.24. The molecule has 2 heterocycles. The van der Waals surface area contributed by atoms with Crippen LogP contribution in [0, 0.1) is 13.8 Å². The Morgan fingerprint density at radius 3 is 2.42 bits per heavy atom. The van der Waals surface area contributed by atoms with Crippen molar-refractivity contribution >= 4 is 50.1 Å². The van der Waals surface area contributed by atoms with E-state index in [-0.39, 0.29) is 27.8 Å². The standard InChI is InChI=1S/C16H18BrN3O5S/c1-8-12(15(22)24-3)14(26-13(8)16(23)25-4)18-11(21)5-6-20-7-10(17)9(2)19-20/h7H,5-6H2,1-4H3,(H,18,21). The molecule has 0 bridgehead atoms. The Morgan fingerprint density at radius 1 is 1.23 bits per heavy atom. The summed E-state index contributed by atoms with van der Waals surface area (Å²) in [6.07, 6.45) is 1.94. The first kappa shape index (κ1) is 20.1. The molecule has 0 aliphatic carbocycles. The molecule has 2 aromatic heterocycles. The van der Waals surface area contributed by atoms with E-state index in [1.54, 1.807) is 17.8 Å². The Bertz CT molecular complexity index is 839. The van der Waals surface area contributed by atoms with E-state index >= 15 is 0 Å². The number of esters is 2. The number of methoxy groups -OCH3 is 2. The first-order chi connectivity index (χ1) is 12.3. The zero-order valence-electron chi connectivity index (χ0n) is 14.7. The van der Waals surface area contributed by atoms with E-state index in [1.807, 2.05) is 6.92 Å². The highest BCUT2D eigenvalue weighted by Crippen LogP contribution is 2.34. The summed E-state index contributed by atoms with van der Waals surface area (Å²) in [7, 11) is 2.49. The van der Waals surface area contributed by atoms with Crippen molar-refractivity contribution in [3.63, 3.8) is 0 Å². The predicted molar refractivity (Wildman–Crippen MR) is 99.6 cm³/mol. The van der Waals surface area contributed by atoms with Crippen LogP contribution in [0.3, 0.4) is 0 Å². The van der Waals surface area contributed by atoms with Crippen LogP contribution in [0.5, 0.6) is 0 Å². The molecule has 0 saturated carbocycles. The van der Waals surface area contributed by atoms with E-state index in [0.29, 0.717) is 12.1 Å². The number of thiophene rings is 1. The molecular weight excluding hydrogens is 426 g/mol. The Balaban J connectivity index is 2.17. The van der Waals surface area contributed by atoms with E-state index in [9.17, 15) is 14.4 Å². The van der Waals surface area contributed by atoms with Crippen molar-refractivity contribution in [2.75, 3.05) is 19.5 Å². The summed E-state index contributed by atoms with van der Waals surface area (Å²) in [4.78, 5) is 36.4. The summed E-state index contributed by atoms with van der Waals surface area (Å²) in [5.74, 6) is -1.51. The normalized spacial score (nSPS) is 10.5. The molecule has 0 radical (unpaired) electrons. The van der Waals surface area contributed by atoms with Gasteiger partial charge in [-0.05, 0) is 35.3 Å². The van der Waals surface area contributed by atoms with Crippen molar-refractivity contribution in [1.82, 2.24) is 9.78 Å². The van der Waals surface area contributed by atoms with E-state index < -0.39 is 11.9 Å². The average molecular weight is 444 g/mol. The zero-order valence-corrected chi connectivity index (χ0v) is 17.1. The molecule has 1 N–H and O–H groups in total. The highest BCUT2D eigenvalue weighted by atomic mass is 79.9. The van der Waals surface area contributed by atoms with Gasteiger partial charge in [-0.3, -0.25) is 9.48 Å². The number of nitrogens with one attached hydrogen (secondary N) is 1. The summed E-state index contributed by atoms with van der Waals surface area (Å²) < 4.78 is 12.0. The Kier molecular flexibility index (Phi) is 6.54. The fourth-order valence-corrected chi connectivity index (χ4v) is 3.70. The smallest absolute Gasteiger partial charge is 0.348 e. The van der Waals surface area contributed by atoms with E-state index in [1.165, 1.54) is 14.2 Å². The maximum Gasteiger partial charge on any atom is 0.348 e. The van der Waals surface area contributed by atoms with Gasteiger partial charge in [0.15, 0.2) is 0 Å². The van der Waals surface area contributed by atoms with Gasteiger partial charge in [0, 0.05) is 19.2 Å². The predicted octanol–water partition coefficient (Wildman–Crippen LogP) is 2.93. The first-order valence-electron chi connectivity index (χ1n) is 7.57. The molecule has 2 rings (SSSR count). The van der Waals surface area contributed by atoms with E-state index in [0.717, 1.165) is 21.5 Å². The molecule has 2 aromatic rings. The molecule has 0 aliphatic heterocycles. The van der Waals surface area contributed by atoms with Crippen molar-refractivity contribution in [2.24, 2.45) is 0 Å². The number of carbonyl (C=O) groups is 3. The summed E-state index contributed by atoms with van der Waals surface area (Å²) in [6.45, 7) is 3.83. The van der Waals surface area contributed by atoms with Crippen molar-refractivity contribution in [3.05, 3.63) is 32.4 Å². The van der Waals surface area contributed by atoms with Crippen LogP contribution in [-0.4, -0.2) is 41.8 Å². The van der Waals surface area contributed by atoms with Crippen LogP contribution < -0.4 is 5.32 Å². The van der Waals surface area contributed by atoms with Gasteiger partial charge < -0.3 is 14.8 Å². The van der Waals surface area contributed by atoms with E-state index in [2.05, 4.69) is 26.3 Å². The third-order valence-corrected chi connectivity index (χ3v) is 5.58. The molecule has 1 amide bonds. The van der Waals surface area contributed by atoms with Crippen LogP contribution >= 0.6 is 27.3 Å². The second kappa shape index (κ2) is 8.45. The SMILES string of the molecule is COC(=O)c1sc(NC(=O)CCn2cc(Br)c(C)n2)c(C(=O)OC)c1C. The minimum Gasteiger partial charge on any atom is -0.465 e. The third kappa shape index (κ3) is 4.31. The van der Waals surface area contributed by atoms with Crippen LogP contribution in [0.25, 0.3) is 0 Å². The van der Waals surface area contributed by atoms with E-state index in [4.69, 9.17) is 9.47 Å². The number of aryl methyl sites for hydroxylation is 2. The topological polar surface area (TPSA) is 99.5 Å². The number of hydrogen-bond acceptors (Lipinski definition) is 7. The molecule has 8 nitrogen and oxygen atoms in total.